The lowest BCUT2D eigenvalue weighted by atomic mass is 10.1. The van der Waals surface area contributed by atoms with E-state index in [2.05, 4.69) is 4.98 Å². The number of benzene rings is 2. The molecule has 0 saturated carbocycles. The van der Waals surface area contributed by atoms with Crippen LogP contribution in [-0.2, 0) is 0 Å². The summed E-state index contributed by atoms with van der Waals surface area (Å²) in [6.45, 7) is 0. The van der Waals surface area contributed by atoms with Crippen molar-refractivity contribution in [3.63, 3.8) is 0 Å². The Morgan fingerprint density at radius 2 is 1.70 bits per heavy atom. The molecule has 0 aliphatic heterocycles. The number of aromatic nitrogens is 1. The first-order chi connectivity index (χ1) is 11.0. The molecule has 2 nitrogen and oxygen atoms in total. The maximum atomic E-state index is 13.3. The second-order valence-electron chi connectivity index (χ2n) is 4.91. The molecule has 0 atom stereocenters. The normalized spacial score (nSPS) is 11.3. The average Bonchev–Trinajstić information content (AvgIpc) is 2.53. The highest BCUT2D eigenvalue weighted by Gasteiger charge is 2.06. The molecule has 0 N–H and O–H groups in total. The number of ketones is 1. The van der Waals surface area contributed by atoms with Crippen molar-refractivity contribution >= 4 is 34.4 Å². The van der Waals surface area contributed by atoms with Gasteiger partial charge in [0.1, 0.15) is 16.8 Å². The maximum absolute atomic E-state index is 13.3. The quantitative estimate of drug-likeness (QED) is 0.382. The second kappa shape index (κ2) is 6.26. The molecule has 23 heavy (non-hydrogen) atoms. The van der Waals surface area contributed by atoms with Gasteiger partial charge in [0.2, 0.25) is 0 Å². The number of allylic oxidation sites excluding steroid dienone is 1. The summed E-state index contributed by atoms with van der Waals surface area (Å²) >= 11 is 6.08. The number of rotatable bonds is 3. The van der Waals surface area contributed by atoms with Crippen molar-refractivity contribution in [1.29, 1.82) is 0 Å². The average molecular weight is 330 g/mol. The lowest BCUT2D eigenvalue weighted by Crippen LogP contribution is -1.94. The van der Waals surface area contributed by atoms with Crippen molar-refractivity contribution < 1.29 is 13.6 Å². The van der Waals surface area contributed by atoms with E-state index >= 15 is 0 Å². The number of fused-ring (bicyclic) bond motifs is 1. The van der Waals surface area contributed by atoms with Gasteiger partial charge in [-0.25, -0.2) is 13.8 Å². The third kappa shape index (κ3) is 3.43. The van der Waals surface area contributed by atoms with Gasteiger partial charge in [0.05, 0.1) is 5.52 Å². The summed E-state index contributed by atoms with van der Waals surface area (Å²) in [5, 5.41) is 0.801. The Bertz CT molecular complexity index is 920. The zero-order valence-corrected chi connectivity index (χ0v) is 12.5. The Labute approximate surface area is 136 Å². The van der Waals surface area contributed by atoms with Crippen LogP contribution in [0.4, 0.5) is 8.78 Å². The van der Waals surface area contributed by atoms with Crippen LogP contribution < -0.4 is 0 Å². The zero-order valence-electron chi connectivity index (χ0n) is 11.8. The molecular formula is C18H10ClF2NO. The molecule has 0 fully saturated rings. The molecule has 3 rings (SSSR count). The van der Waals surface area contributed by atoms with Crippen LogP contribution >= 0.6 is 11.6 Å². The van der Waals surface area contributed by atoms with Gasteiger partial charge >= 0.3 is 0 Å². The maximum Gasteiger partial charge on any atom is 0.185 e. The molecule has 3 aromatic rings. The first-order valence-electron chi connectivity index (χ1n) is 6.77. The highest BCUT2D eigenvalue weighted by Crippen LogP contribution is 2.22. The van der Waals surface area contributed by atoms with Crippen molar-refractivity contribution in [3.05, 3.63) is 82.5 Å². The van der Waals surface area contributed by atoms with Gasteiger partial charge in [0.25, 0.3) is 0 Å². The van der Waals surface area contributed by atoms with Crippen molar-refractivity contribution in [1.82, 2.24) is 4.98 Å². The first-order valence-corrected chi connectivity index (χ1v) is 7.14. The van der Waals surface area contributed by atoms with E-state index in [1.807, 2.05) is 0 Å². The van der Waals surface area contributed by atoms with E-state index in [4.69, 9.17) is 11.6 Å². The van der Waals surface area contributed by atoms with Crippen molar-refractivity contribution in [2.45, 2.75) is 0 Å². The van der Waals surface area contributed by atoms with E-state index < -0.39 is 5.82 Å². The largest absolute Gasteiger partial charge is 0.289 e. The third-order valence-electron chi connectivity index (χ3n) is 3.30. The van der Waals surface area contributed by atoms with E-state index in [0.717, 1.165) is 0 Å². The van der Waals surface area contributed by atoms with E-state index in [9.17, 15) is 13.6 Å². The minimum absolute atomic E-state index is 0.215. The third-order valence-corrected chi connectivity index (χ3v) is 3.60. The van der Waals surface area contributed by atoms with Crippen LogP contribution in [0.3, 0.4) is 0 Å². The highest BCUT2D eigenvalue weighted by atomic mass is 35.5. The minimum Gasteiger partial charge on any atom is -0.289 e. The van der Waals surface area contributed by atoms with Gasteiger partial charge in [-0.2, -0.15) is 0 Å². The molecule has 0 saturated heterocycles. The Hall–Kier alpha value is -2.59. The van der Waals surface area contributed by atoms with Gasteiger partial charge in [0.15, 0.2) is 5.78 Å². The molecule has 0 aliphatic carbocycles. The second-order valence-corrected chi connectivity index (χ2v) is 5.27. The van der Waals surface area contributed by atoms with Gasteiger partial charge < -0.3 is 0 Å². The van der Waals surface area contributed by atoms with E-state index in [1.54, 1.807) is 6.07 Å². The number of carbonyl (C=O) groups is 1. The topological polar surface area (TPSA) is 30.0 Å². The van der Waals surface area contributed by atoms with Gasteiger partial charge in [-0.1, -0.05) is 11.6 Å². The van der Waals surface area contributed by atoms with Gasteiger partial charge in [0, 0.05) is 16.5 Å². The number of halogens is 3. The SMILES string of the molecule is O=C(/C=C/c1cc2cc(F)ccc2nc1Cl)c1ccc(F)cc1. The standard InChI is InChI=1S/C18H10ClF2NO/c19-18-12(9-13-10-15(21)6-7-16(13)22-18)3-8-17(23)11-1-4-14(20)5-2-11/h1-10H/b8-3+. The van der Waals surface area contributed by atoms with Gasteiger partial charge in [-0.05, 0) is 60.7 Å². The molecule has 1 aromatic heterocycles. The highest BCUT2D eigenvalue weighted by molar-refractivity contribution is 6.31. The summed E-state index contributed by atoms with van der Waals surface area (Å²) in [5.74, 6) is -1.08. The lowest BCUT2D eigenvalue weighted by Gasteiger charge is -2.02. The number of carbonyl (C=O) groups excluding carboxylic acids is 1. The predicted octanol–water partition coefficient (Wildman–Crippen LogP) is 5.06. The van der Waals surface area contributed by atoms with Crippen LogP contribution in [0.15, 0.2) is 54.6 Å². The van der Waals surface area contributed by atoms with Crippen molar-refractivity contribution in [3.8, 4) is 0 Å². The number of nitrogens with zero attached hydrogens (tertiary/aromatic N) is 1. The molecule has 0 bridgehead atoms. The van der Waals surface area contributed by atoms with Crippen LogP contribution in [0.1, 0.15) is 15.9 Å². The summed E-state index contributed by atoms with van der Waals surface area (Å²) in [6, 6.07) is 11.1. The van der Waals surface area contributed by atoms with Crippen molar-refractivity contribution in [2.75, 3.05) is 0 Å². The minimum atomic E-state index is -0.408. The number of hydrogen-bond donors (Lipinski definition) is 0. The van der Waals surface area contributed by atoms with Gasteiger partial charge in [-0.3, -0.25) is 4.79 Å². The molecule has 0 amide bonds. The Kier molecular flexibility index (Phi) is 4.17. The summed E-state index contributed by atoms with van der Waals surface area (Å²) in [6.07, 6.45) is 2.83. The van der Waals surface area contributed by atoms with Gasteiger partial charge in [-0.15, -0.1) is 0 Å². The molecule has 5 heteroatoms. The smallest absolute Gasteiger partial charge is 0.185 e. The summed E-state index contributed by atoms with van der Waals surface area (Å²) < 4.78 is 26.1. The van der Waals surface area contributed by atoms with Crippen LogP contribution in [0.5, 0.6) is 0 Å². The van der Waals surface area contributed by atoms with E-state index in [-0.39, 0.29) is 16.8 Å². The molecule has 0 unspecified atom stereocenters. The van der Waals surface area contributed by atoms with Crippen LogP contribution in [0, 0.1) is 11.6 Å². The fourth-order valence-corrected chi connectivity index (χ4v) is 2.34. The van der Waals surface area contributed by atoms with E-state index in [1.165, 1.54) is 54.6 Å². The first kappa shape index (κ1) is 15.3. The Morgan fingerprint density at radius 1 is 1.00 bits per heavy atom. The lowest BCUT2D eigenvalue weighted by molar-refractivity contribution is 0.104. The number of pyridine rings is 1. The van der Waals surface area contributed by atoms with Crippen molar-refractivity contribution in [2.24, 2.45) is 0 Å². The predicted molar refractivity (Wildman–Crippen MR) is 86.5 cm³/mol. The molecule has 0 radical (unpaired) electrons. The fourth-order valence-electron chi connectivity index (χ4n) is 2.13. The molecule has 1 heterocycles. The molecule has 114 valence electrons. The monoisotopic (exact) mass is 329 g/mol. The van der Waals surface area contributed by atoms with Crippen LogP contribution in [-0.4, -0.2) is 10.8 Å². The zero-order chi connectivity index (χ0) is 16.4. The molecule has 0 aliphatic rings. The van der Waals surface area contributed by atoms with Crippen LogP contribution in [0.2, 0.25) is 5.15 Å². The molecular weight excluding hydrogens is 320 g/mol. The van der Waals surface area contributed by atoms with Crippen LogP contribution in [0.25, 0.3) is 17.0 Å². The summed E-state index contributed by atoms with van der Waals surface area (Å²) in [7, 11) is 0. The Balaban J connectivity index is 1.92. The fraction of sp³-hybridized carbons (Fsp3) is 0. The summed E-state index contributed by atoms with van der Waals surface area (Å²) in [5.41, 5.74) is 1.43. The summed E-state index contributed by atoms with van der Waals surface area (Å²) in [4.78, 5) is 16.2. The Morgan fingerprint density at radius 3 is 2.43 bits per heavy atom. The number of hydrogen-bond acceptors (Lipinski definition) is 2. The molecule has 2 aromatic carbocycles. The molecule has 0 spiro atoms. The van der Waals surface area contributed by atoms with E-state index in [0.29, 0.717) is 22.0 Å².